The van der Waals surface area contributed by atoms with Crippen LogP contribution in [0.15, 0.2) is 66.2 Å². The number of anilines is 1. The molecule has 0 spiro atoms. The lowest BCUT2D eigenvalue weighted by Gasteiger charge is -2.26. The van der Waals surface area contributed by atoms with Gasteiger partial charge in [0.15, 0.2) is 0 Å². The summed E-state index contributed by atoms with van der Waals surface area (Å²) in [6.45, 7) is 0. The number of amides is 1. The molecule has 174 valence electrons. The van der Waals surface area contributed by atoms with Gasteiger partial charge in [0.05, 0.1) is 37.1 Å². The van der Waals surface area contributed by atoms with Crippen molar-refractivity contribution in [1.29, 1.82) is 0 Å². The van der Waals surface area contributed by atoms with E-state index < -0.39 is 52.2 Å². The minimum Gasteiger partial charge on any atom is -0.507 e. The van der Waals surface area contributed by atoms with Gasteiger partial charge in [0.1, 0.15) is 34.7 Å². The molecule has 1 atom stereocenters. The number of ether oxygens (including phenoxy) is 2. The van der Waals surface area contributed by atoms with Crippen molar-refractivity contribution in [1.82, 2.24) is 0 Å². The Morgan fingerprint density at radius 3 is 2.21 bits per heavy atom. The van der Waals surface area contributed by atoms with E-state index in [0.717, 1.165) is 35.2 Å². The average molecular weight is 469 g/mol. The molecule has 0 aromatic heterocycles. The van der Waals surface area contributed by atoms with Gasteiger partial charge in [-0.15, -0.1) is 0 Å². The van der Waals surface area contributed by atoms with Crippen LogP contribution in [-0.4, -0.2) is 31.0 Å². The number of aliphatic hydroxyl groups excluding tert-OH is 1. The first-order valence-electron chi connectivity index (χ1n) is 10.0. The Labute approximate surface area is 192 Å². The molecule has 1 unspecified atom stereocenters. The fourth-order valence-electron chi connectivity index (χ4n) is 3.86. The zero-order chi connectivity index (χ0) is 24.6. The molecular formula is C25H18F3NO5. The normalized spacial score (nSPS) is 17.2. The summed E-state index contributed by atoms with van der Waals surface area (Å²) in [6, 6.07) is 10.3. The van der Waals surface area contributed by atoms with Crippen LogP contribution < -0.4 is 14.4 Å². The van der Waals surface area contributed by atoms with E-state index in [2.05, 4.69) is 0 Å². The van der Waals surface area contributed by atoms with E-state index in [1.807, 2.05) is 0 Å². The average Bonchev–Trinajstić information content (AvgIpc) is 3.10. The van der Waals surface area contributed by atoms with E-state index >= 15 is 0 Å². The Morgan fingerprint density at radius 1 is 0.882 bits per heavy atom. The Hall–Kier alpha value is -4.27. The molecule has 4 rings (SSSR count). The summed E-state index contributed by atoms with van der Waals surface area (Å²) < 4.78 is 52.7. The number of halogens is 3. The lowest BCUT2D eigenvalue weighted by molar-refractivity contribution is -0.132. The van der Waals surface area contributed by atoms with Crippen LogP contribution in [0.4, 0.5) is 18.9 Å². The minimum atomic E-state index is -1.38. The molecule has 1 aliphatic rings. The lowest BCUT2D eigenvalue weighted by Crippen LogP contribution is -2.30. The van der Waals surface area contributed by atoms with Crippen LogP contribution in [0.25, 0.3) is 5.76 Å². The van der Waals surface area contributed by atoms with Gasteiger partial charge < -0.3 is 14.6 Å². The molecule has 1 N–H and O–H groups in total. The van der Waals surface area contributed by atoms with Gasteiger partial charge in [-0.05, 0) is 48.0 Å². The summed E-state index contributed by atoms with van der Waals surface area (Å²) in [4.78, 5) is 26.9. The summed E-state index contributed by atoms with van der Waals surface area (Å²) in [5, 5.41) is 11.2. The molecule has 34 heavy (non-hydrogen) atoms. The van der Waals surface area contributed by atoms with Crippen molar-refractivity contribution in [2.24, 2.45) is 0 Å². The fraction of sp³-hybridized carbons (Fsp3) is 0.120. The first-order valence-corrected chi connectivity index (χ1v) is 10.0. The van der Waals surface area contributed by atoms with Gasteiger partial charge in [0, 0.05) is 6.07 Å². The van der Waals surface area contributed by atoms with Crippen molar-refractivity contribution in [3.63, 3.8) is 0 Å². The van der Waals surface area contributed by atoms with Crippen LogP contribution in [0.1, 0.15) is 17.2 Å². The highest BCUT2D eigenvalue weighted by Gasteiger charge is 2.48. The molecule has 0 aliphatic carbocycles. The number of Topliss-reactive ketones (excluding diaryl/α,β-unsaturated/α-hetero) is 1. The number of carbonyl (C=O) groups excluding carboxylic acids is 2. The quantitative estimate of drug-likeness (QED) is 0.332. The predicted molar refractivity (Wildman–Crippen MR) is 117 cm³/mol. The molecule has 9 heteroatoms. The molecule has 1 amide bonds. The molecule has 0 radical (unpaired) electrons. The van der Waals surface area contributed by atoms with E-state index in [9.17, 15) is 27.9 Å². The maximum Gasteiger partial charge on any atom is 0.300 e. The summed E-state index contributed by atoms with van der Waals surface area (Å²) >= 11 is 0. The summed E-state index contributed by atoms with van der Waals surface area (Å²) in [7, 11) is 2.74. The number of rotatable bonds is 5. The number of benzene rings is 3. The van der Waals surface area contributed by atoms with Crippen molar-refractivity contribution in [3.8, 4) is 11.5 Å². The van der Waals surface area contributed by atoms with Gasteiger partial charge >= 0.3 is 0 Å². The van der Waals surface area contributed by atoms with E-state index in [4.69, 9.17) is 9.47 Å². The highest BCUT2D eigenvalue weighted by Crippen LogP contribution is 2.44. The van der Waals surface area contributed by atoms with Gasteiger partial charge in [0.25, 0.3) is 11.7 Å². The van der Waals surface area contributed by atoms with Crippen LogP contribution >= 0.6 is 0 Å². The summed E-state index contributed by atoms with van der Waals surface area (Å²) in [6.07, 6.45) is 0. The van der Waals surface area contributed by atoms with Gasteiger partial charge in [-0.3, -0.25) is 14.5 Å². The molecule has 1 heterocycles. The monoisotopic (exact) mass is 469 g/mol. The van der Waals surface area contributed by atoms with Crippen LogP contribution in [0.5, 0.6) is 11.5 Å². The van der Waals surface area contributed by atoms with Crippen molar-refractivity contribution < 1.29 is 37.3 Å². The molecule has 0 bridgehead atoms. The van der Waals surface area contributed by atoms with E-state index in [-0.39, 0.29) is 16.9 Å². The highest BCUT2D eigenvalue weighted by atomic mass is 19.1. The van der Waals surface area contributed by atoms with Crippen LogP contribution in [0.3, 0.4) is 0 Å². The Bertz CT molecular complexity index is 1320. The number of ketones is 1. The van der Waals surface area contributed by atoms with E-state index in [1.54, 1.807) is 6.07 Å². The third-order valence-corrected chi connectivity index (χ3v) is 5.46. The second-order valence-corrected chi connectivity index (χ2v) is 7.38. The Kier molecular flexibility index (Phi) is 6.02. The number of hydrogen-bond acceptors (Lipinski definition) is 5. The number of carbonyl (C=O) groups is 2. The molecule has 1 aliphatic heterocycles. The molecule has 3 aromatic carbocycles. The first-order chi connectivity index (χ1) is 16.3. The van der Waals surface area contributed by atoms with Gasteiger partial charge in [-0.1, -0.05) is 12.1 Å². The second kappa shape index (κ2) is 8.93. The topological polar surface area (TPSA) is 76.1 Å². The van der Waals surface area contributed by atoms with Crippen LogP contribution in [-0.2, 0) is 9.59 Å². The van der Waals surface area contributed by atoms with Crippen LogP contribution in [0, 0.1) is 17.5 Å². The minimum absolute atomic E-state index is 0.0340. The zero-order valence-corrected chi connectivity index (χ0v) is 18.0. The summed E-state index contributed by atoms with van der Waals surface area (Å²) in [5.41, 5.74) is -0.695. The van der Waals surface area contributed by atoms with E-state index in [0.29, 0.717) is 5.75 Å². The first kappa shape index (κ1) is 22.9. The number of nitrogens with zero attached hydrogens (tertiary/aromatic N) is 1. The maximum atomic E-state index is 14.7. The van der Waals surface area contributed by atoms with Gasteiger partial charge in [0.2, 0.25) is 0 Å². The highest BCUT2D eigenvalue weighted by molar-refractivity contribution is 6.51. The van der Waals surface area contributed by atoms with Crippen molar-refractivity contribution in [2.75, 3.05) is 19.1 Å². The number of aliphatic hydroxyl groups is 1. The third-order valence-electron chi connectivity index (χ3n) is 5.46. The molecule has 6 nitrogen and oxygen atoms in total. The van der Waals surface area contributed by atoms with Crippen molar-refractivity contribution in [2.45, 2.75) is 6.04 Å². The smallest absolute Gasteiger partial charge is 0.300 e. The number of methoxy groups -OCH3 is 2. The predicted octanol–water partition coefficient (Wildman–Crippen LogP) is 4.75. The molecule has 3 aromatic rings. The SMILES string of the molecule is COc1ccc(OC)c(/C(O)=C2\C(=O)C(=O)N(c3cc(F)ccc3F)C2c2ccc(F)cc2)c1. The van der Waals surface area contributed by atoms with Gasteiger partial charge in [-0.25, -0.2) is 13.2 Å². The standard InChI is InChI=1S/C25H18F3NO5/c1-33-16-8-10-20(34-2)17(12-16)23(30)21-22(13-3-5-14(26)6-4-13)29(25(32)24(21)31)19-11-15(27)7-9-18(19)28/h3-12,22,30H,1-2H3/b23-21+. The van der Waals surface area contributed by atoms with E-state index in [1.165, 1.54) is 38.5 Å². The summed E-state index contributed by atoms with van der Waals surface area (Å²) in [5.74, 6) is -4.86. The zero-order valence-electron chi connectivity index (χ0n) is 18.0. The molecule has 1 fully saturated rings. The third kappa shape index (κ3) is 3.85. The Morgan fingerprint density at radius 2 is 1.56 bits per heavy atom. The number of hydrogen-bond donors (Lipinski definition) is 1. The maximum absolute atomic E-state index is 14.7. The molecule has 1 saturated heterocycles. The second-order valence-electron chi connectivity index (χ2n) is 7.38. The molecular weight excluding hydrogens is 451 g/mol. The van der Waals surface area contributed by atoms with Gasteiger partial charge in [-0.2, -0.15) is 0 Å². The Balaban J connectivity index is 2.01. The fourth-order valence-corrected chi connectivity index (χ4v) is 3.86. The van der Waals surface area contributed by atoms with Crippen molar-refractivity contribution in [3.05, 3.63) is 94.8 Å². The lowest BCUT2D eigenvalue weighted by atomic mass is 9.94. The molecule has 0 saturated carbocycles. The van der Waals surface area contributed by atoms with Crippen molar-refractivity contribution >= 4 is 23.1 Å². The largest absolute Gasteiger partial charge is 0.507 e. The van der Waals surface area contributed by atoms with Crippen LogP contribution in [0.2, 0.25) is 0 Å².